The summed E-state index contributed by atoms with van der Waals surface area (Å²) >= 11 is 0. The molecule has 5 nitrogen and oxygen atoms in total. The Kier molecular flexibility index (Phi) is 5.47. The molecule has 1 fully saturated rings. The third-order valence-corrected chi connectivity index (χ3v) is 4.15. The Bertz CT molecular complexity index is 503. The number of hydrogen-bond acceptors (Lipinski definition) is 3. The molecule has 1 amide bonds. The maximum atomic E-state index is 13.5. The normalized spacial score (nSPS) is 18.9. The van der Waals surface area contributed by atoms with Crippen molar-refractivity contribution in [1.29, 1.82) is 0 Å². The molecule has 1 atom stereocenters. The summed E-state index contributed by atoms with van der Waals surface area (Å²) in [4.78, 5) is 13.0. The quantitative estimate of drug-likeness (QED) is 0.777. The van der Waals surface area contributed by atoms with Crippen LogP contribution in [0.4, 0.5) is 8.78 Å². The number of aromatic nitrogens is 3. The van der Waals surface area contributed by atoms with Gasteiger partial charge in [-0.05, 0) is 25.2 Å². The molecule has 0 aliphatic carbocycles. The van der Waals surface area contributed by atoms with E-state index in [1.54, 1.807) is 4.68 Å². The summed E-state index contributed by atoms with van der Waals surface area (Å²) in [7, 11) is 0. The summed E-state index contributed by atoms with van der Waals surface area (Å²) in [5.41, 5.74) is 0.963. The summed E-state index contributed by atoms with van der Waals surface area (Å²) in [5, 5.41) is 8.20. The molecule has 124 valence electrons. The van der Waals surface area contributed by atoms with E-state index in [0.29, 0.717) is 19.6 Å². The van der Waals surface area contributed by atoms with Gasteiger partial charge in [0.05, 0.1) is 5.69 Å². The minimum absolute atomic E-state index is 0.164. The monoisotopic (exact) mass is 314 g/mol. The molecule has 1 aliphatic heterocycles. The van der Waals surface area contributed by atoms with Crippen LogP contribution in [0.3, 0.4) is 0 Å². The van der Waals surface area contributed by atoms with Crippen LogP contribution in [0.5, 0.6) is 0 Å². The molecular weight excluding hydrogens is 290 g/mol. The van der Waals surface area contributed by atoms with E-state index in [2.05, 4.69) is 17.2 Å². The van der Waals surface area contributed by atoms with Gasteiger partial charge in [0.25, 0.3) is 5.91 Å². The van der Waals surface area contributed by atoms with Crippen molar-refractivity contribution in [2.75, 3.05) is 13.1 Å². The molecule has 1 saturated heterocycles. The fraction of sp³-hybridized carbons (Fsp3) is 0.800. The number of hydrogen-bond donors (Lipinski definition) is 0. The average Bonchev–Trinajstić information content (AvgIpc) is 3.14. The summed E-state index contributed by atoms with van der Waals surface area (Å²) in [6, 6.07) is 0. The lowest BCUT2D eigenvalue weighted by atomic mass is 10.1. The lowest BCUT2D eigenvalue weighted by molar-refractivity contribution is -0.156. The fourth-order valence-electron chi connectivity index (χ4n) is 2.71. The van der Waals surface area contributed by atoms with Crippen molar-refractivity contribution in [3.63, 3.8) is 0 Å². The Morgan fingerprint density at radius 1 is 1.45 bits per heavy atom. The van der Waals surface area contributed by atoms with E-state index in [0.717, 1.165) is 31.4 Å². The molecule has 22 heavy (non-hydrogen) atoms. The maximum absolute atomic E-state index is 13.5. The zero-order valence-electron chi connectivity index (χ0n) is 13.3. The van der Waals surface area contributed by atoms with E-state index >= 15 is 0 Å². The second-order valence-electron chi connectivity index (χ2n) is 6.00. The molecule has 1 aromatic rings. The lowest BCUT2D eigenvalue weighted by Gasteiger charge is -2.22. The molecule has 7 heteroatoms. The molecule has 0 N–H and O–H groups in total. The Labute approximate surface area is 129 Å². The van der Waals surface area contributed by atoms with Crippen molar-refractivity contribution in [2.45, 2.75) is 58.4 Å². The van der Waals surface area contributed by atoms with Gasteiger partial charge >= 0.3 is 5.92 Å². The molecule has 1 aliphatic rings. The Morgan fingerprint density at radius 3 is 2.91 bits per heavy atom. The second-order valence-corrected chi connectivity index (χ2v) is 6.00. The number of carbonyl (C=O) groups excluding carboxylic acids is 1. The van der Waals surface area contributed by atoms with E-state index in [9.17, 15) is 13.6 Å². The molecule has 0 aromatic carbocycles. The summed E-state index contributed by atoms with van der Waals surface area (Å²) in [6.45, 7) is 4.86. The highest BCUT2D eigenvalue weighted by atomic mass is 19.3. The third-order valence-electron chi connectivity index (χ3n) is 4.15. The summed E-state index contributed by atoms with van der Waals surface area (Å²) < 4.78 is 28.7. The fourth-order valence-corrected chi connectivity index (χ4v) is 2.71. The van der Waals surface area contributed by atoms with E-state index in [1.807, 2.05) is 6.20 Å². The molecule has 2 rings (SSSR count). The first-order valence-electron chi connectivity index (χ1n) is 8.02. The van der Waals surface area contributed by atoms with Crippen LogP contribution in [-0.4, -0.2) is 44.8 Å². The van der Waals surface area contributed by atoms with Gasteiger partial charge < -0.3 is 4.90 Å². The highest BCUT2D eigenvalue weighted by Gasteiger charge is 2.42. The predicted octanol–water partition coefficient (Wildman–Crippen LogP) is 2.51. The zero-order chi connectivity index (χ0) is 16.2. The highest BCUT2D eigenvalue weighted by Crippen LogP contribution is 2.26. The second kappa shape index (κ2) is 7.15. The SMILES string of the molecule is CCCCc1cn(CC2CCN(C(=O)C(F)(F)CC)C2)nn1. The van der Waals surface area contributed by atoms with Crippen molar-refractivity contribution >= 4 is 5.91 Å². The Hall–Kier alpha value is -1.53. The molecule has 0 saturated carbocycles. The predicted molar refractivity (Wildman–Crippen MR) is 78.6 cm³/mol. The smallest absolute Gasteiger partial charge is 0.324 e. The topological polar surface area (TPSA) is 51.0 Å². The van der Waals surface area contributed by atoms with E-state index in [1.165, 1.54) is 11.8 Å². The van der Waals surface area contributed by atoms with Crippen LogP contribution in [0.25, 0.3) is 0 Å². The van der Waals surface area contributed by atoms with Gasteiger partial charge in [0.2, 0.25) is 0 Å². The Balaban J connectivity index is 1.86. The Morgan fingerprint density at radius 2 is 2.23 bits per heavy atom. The first-order valence-corrected chi connectivity index (χ1v) is 8.02. The van der Waals surface area contributed by atoms with Gasteiger partial charge in [-0.25, -0.2) is 0 Å². The molecule has 1 aromatic heterocycles. The van der Waals surface area contributed by atoms with Crippen LogP contribution in [-0.2, 0) is 17.8 Å². The van der Waals surface area contributed by atoms with Crippen LogP contribution in [0.15, 0.2) is 6.20 Å². The number of carbonyl (C=O) groups is 1. The van der Waals surface area contributed by atoms with Crippen LogP contribution in [0.1, 0.15) is 45.2 Å². The molecule has 2 heterocycles. The number of nitrogens with zero attached hydrogens (tertiary/aromatic N) is 4. The zero-order valence-corrected chi connectivity index (χ0v) is 13.3. The largest absolute Gasteiger partial charge is 0.337 e. The number of amides is 1. The third kappa shape index (κ3) is 4.01. The average molecular weight is 314 g/mol. The lowest BCUT2D eigenvalue weighted by Crippen LogP contribution is -2.42. The van der Waals surface area contributed by atoms with E-state index in [4.69, 9.17) is 0 Å². The summed E-state index contributed by atoms with van der Waals surface area (Å²) in [6.07, 6.45) is 5.30. The minimum Gasteiger partial charge on any atom is -0.337 e. The molecule has 0 bridgehead atoms. The van der Waals surface area contributed by atoms with Gasteiger partial charge in [-0.1, -0.05) is 25.5 Å². The number of halogens is 2. The number of aryl methyl sites for hydroxylation is 1. The molecular formula is C15H24F2N4O. The number of unbranched alkanes of at least 4 members (excludes halogenated alkanes) is 1. The van der Waals surface area contributed by atoms with Crippen LogP contribution < -0.4 is 0 Å². The first-order chi connectivity index (χ1) is 10.5. The minimum atomic E-state index is -3.24. The summed E-state index contributed by atoms with van der Waals surface area (Å²) in [5.74, 6) is -4.12. The van der Waals surface area contributed by atoms with Gasteiger partial charge in [-0.3, -0.25) is 9.48 Å². The van der Waals surface area contributed by atoms with Crippen molar-refractivity contribution in [3.05, 3.63) is 11.9 Å². The molecule has 0 spiro atoms. The van der Waals surface area contributed by atoms with Crippen molar-refractivity contribution in [3.8, 4) is 0 Å². The van der Waals surface area contributed by atoms with Gasteiger partial charge in [-0.2, -0.15) is 8.78 Å². The molecule has 0 radical (unpaired) electrons. The van der Waals surface area contributed by atoms with Crippen molar-refractivity contribution in [1.82, 2.24) is 19.9 Å². The van der Waals surface area contributed by atoms with Gasteiger partial charge in [-0.15, -0.1) is 5.10 Å². The van der Waals surface area contributed by atoms with E-state index in [-0.39, 0.29) is 5.92 Å². The number of likely N-dealkylation sites (tertiary alicyclic amines) is 1. The van der Waals surface area contributed by atoms with Gasteiger partial charge in [0.15, 0.2) is 0 Å². The molecule has 1 unspecified atom stereocenters. The van der Waals surface area contributed by atoms with Crippen molar-refractivity contribution in [2.24, 2.45) is 5.92 Å². The van der Waals surface area contributed by atoms with Crippen LogP contribution in [0, 0.1) is 5.92 Å². The van der Waals surface area contributed by atoms with Crippen LogP contribution in [0.2, 0.25) is 0 Å². The standard InChI is InChI=1S/C15H24F2N4O/c1-3-5-6-13-11-21(19-18-13)10-12-7-8-20(9-12)14(22)15(16,17)4-2/h11-12H,3-10H2,1-2H3. The van der Waals surface area contributed by atoms with Crippen molar-refractivity contribution < 1.29 is 13.6 Å². The first kappa shape index (κ1) is 16.8. The van der Waals surface area contributed by atoms with Gasteiger partial charge in [0, 0.05) is 32.3 Å². The van der Waals surface area contributed by atoms with E-state index < -0.39 is 18.3 Å². The maximum Gasteiger partial charge on any atom is 0.324 e. The van der Waals surface area contributed by atoms with Crippen LogP contribution >= 0.6 is 0 Å². The highest BCUT2D eigenvalue weighted by molar-refractivity contribution is 5.83. The number of rotatable bonds is 7. The number of alkyl halides is 2. The van der Waals surface area contributed by atoms with Gasteiger partial charge in [0.1, 0.15) is 0 Å².